The van der Waals surface area contributed by atoms with E-state index in [2.05, 4.69) is 15.9 Å². The highest BCUT2D eigenvalue weighted by molar-refractivity contribution is 9.10. The molecule has 0 saturated carbocycles. The molecule has 0 aliphatic carbocycles. The lowest BCUT2D eigenvalue weighted by molar-refractivity contribution is -0.107. The first-order valence-corrected chi connectivity index (χ1v) is 4.58. The van der Waals surface area contributed by atoms with Crippen LogP contribution in [0.5, 0.6) is 0 Å². The molecular formula is C10H8BrFO. The van der Waals surface area contributed by atoms with Gasteiger partial charge >= 0.3 is 0 Å². The van der Waals surface area contributed by atoms with Crippen molar-refractivity contribution in [2.75, 3.05) is 0 Å². The molecule has 0 heterocycles. The van der Waals surface area contributed by atoms with Crippen LogP contribution < -0.4 is 0 Å². The Morgan fingerprint density at radius 2 is 2.23 bits per heavy atom. The summed E-state index contributed by atoms with van der Waals surface area (Å²) in [6, 6.07) is 4.80. The number of carbonyl (C=O) groups is 1. The summed E-state index contributed by atoms with van der Waals surface area (Å²) in [5.41, 5.74) is 0.491. The molecule has 0 aliphatic heterocycles. The van der Waals surface area contributed by atoms with Crippen molar-refractivity contribution < 1.29 is 9.18 Å². The molecule has 0 saturated heterocycles. The molecule has 0 bridgehead atoms. The normalized spacial score (nSPS) is 10.6. The fourth-order valence-corrected chi connectivity index (χ4v) is 1.22. The standard InChI is InChI=1S/C10H8BrFO/c11-9-5-4-8(10(12)7-9)3-1-2-6-13/h1,3-7H,2H2. The van der Waals surface area contributed by atoms with Crippen LogP contribution in [0.15, 0.2) is 28.7 Å². The predicted molar refractivity (Wildman–Crippen MR) is 53.8 cm³/mol. The molecule has 0 unspecified atom stereocenters. The van der Waals surface area contributed by atoms with Crippen molar-refractivity contribution in [2.24, 2.45) is 0 Å². The zero-order chi connectivity index (χ0) is 9.68. The van der Waals surface area contributed by atoms with Gasteiger partial charge in [-0.2, -0.15) is 0 Å². The molecule has 0 radical (unpaired) electrons. The highest BCUT2D eigenvalue weighted by Crippen LogP contribution is 2.16. The van der Waals surface area contributed by atoms with Crippen LogP contribution in [-0.2, 0) is 4.79 Å². The van der Waals surface area contributed by atoms with E-state index >= 15 is 0 Å². The van der Waals surface area contributed by atoms with Gasteiger partial charge in [0.1, 0.15) is 12.1 Å². The van der Waals surface area contributed by atoms with E-state index in [1.807, 2.05) is 0 Å². The Morgan fingerprint density at radius 1 is 1.46 bits per heavy atom. The highest BCUT2D eigenvalue weighted by Gasteiger charge is 1.97. The smallest absolute Gasteiger partial charge is 0.131 e. The second kappa shape index (κ2) is 4.92. The quantitative estimate of drug-likeness (QED) is 0.745. The van der Waals surface area contributed by atoms with Gasteiger partial charge in [-0.05, 0) is 12.1 Å². The summed E-state index contributed by atoms with van der Waals surface area (Å²) in [6.45, 7) is 0. The van der Waals surface area contributed by atoms with E-state index in [1.165, 1.54) is 6.07 Å². The minimum absolute atomic E-state index is 0.295. The second-order valence-corrected chi connectivity index (χ2v) is 3.39. The van der Waals surface area contributed by atoms with Gasteiger partial charge in [-0.15, -0.1) is 0 Å². The van der Waals surface area contributed by atoms with Gasteiger partial charge in [-0.3, -0.25) is 0 Å². The summed E-state index contributed by atoms with van der Waals surface area (Å²) in [7, 11) is 0. The van der Waals surface area contributed by atoms with Crippen LogP contribution in [0.1, 0.15) is 12.0 Å². The Kier molecular flexibility index (Phi) is 3.83. The van der Waals surface area contributed by atoms with Gasteiger partial charge in [0, 0.05) is 16.5 Å². The van der Waals surface area contributed by atoms with Crippen molar-refractivity contribution in [3.63, 3.8) is 0 Å². The second-order valence-electron chi connectivity index (χ2n) is 2.47. The maximum absolute atomic E-state index is 13.1. The van der Waals surface area contributed by atoms with Gasteiger partial charge < -0.3 is 4.79 Å². The van der Waals surface area contributed by atoms with E-state index in [-0.39, 0.29) is 5.82 Å². The zero-order valence-corrected chi connectivity index (χ0v) is 8.42. The zero-order valence-electron chi connectivity index (χ0n) is 6.84. The summed E-state index contributed by atoms with van der Waals surface area (Å²) >= 11 is 3.16. The summed E-state index contributed by atoms with van der Waals surface area (Å²) in [4.78, 5) is 9.98. The molecular weight excluding hydrogens is 235 g/mol. The van der Waals surface area contributed by atoms with Crippen LogP contribution in [0.4, 0.5) is 4.39 Å². The average molecular weight is 243 g/mol. The summed E-state index contributed by atoms with van der Waals surface area (Å²) in [6.07, 6.45) is 4.30. The Labute approximate surface area is 84.4 Å². The predicted octanol–water partition coefficient (Wildman–Crippen LogP) is 3.19. The number of hydrogen-bond donors (Lipinski definition) is 0. The van der Waals surface area contributed by atoms with Crippen molar-refractivity contribution in [3.05, 3.63) is 40.1 Å². The molecule has 0 spiro atoms. The van der Waals surface area contributed by atoms with Crippen LogP contribution in [0.25, 0.3) is 6.08 Å². The molecule has 0 amide bonds. The van der Waals surface area contributed by atoms with Gasteiger partial charge in [0.05, 0.1) is 0 Å². The molecule has 1 aromatic carbocycles. The Balaban J connectivity index is 2.83. The third-order valence-corrected chi connectivity index (χ3v) is 1.99. The van der Waals surface area contributed by atoms with E-state index in [0.717, 1.165) is 6.29 Å². The molecule has 1 aromatic rings. The van der Waals surface area contributed by atoms with Crippen LogP contribution in [0.3, 0.4) is 0 Å². The maximum atomic E-state index is 13.1. The SMILES string of the molecule is O=CCC=Cc1ccc(Br)cc1F. The van der Waals surface area contributed by atoms with Gasteiger partial charge in [-0.1, -0.05) is 34.1 Å². The number of allylic oxidation sites excluding steroid dienone is 1. The molecule has 0 aromatic heterocycles. The number of aldehydes is 1. The van der Waals surface area contributed by atoms with Crippen molar-refractivity contribution >= 4 is 28.3 Å². The van der Waals surface area contributed by atoms with E-state index in [0.29, 0.717) is 16.5 Å². The van der Waals surface area contributed by atoms with E-state index in [9.17, 15) is 9.18 Å². The maximum Gasteiger partial charge on any atom is 0.131 e. The molecule has 1 nitrogen and oxygen atoms in total. The minimum Gasteiger partial charge on any atom is -0.303 e. The lowest BCUT2D eigenvalue weighted by atomic mass is 10.2. The minimum atomic E-state index is -0.295. The van der Waals surface area contributed by atoms with E-state index in [1.54, 1.807) is 24.3 Å². The number of benzene rings is 1. The van der Waals surface area contributed by atoms with Crippen LogP contribution in [0.2, 0.25) is 0 Å². The fourth-order valence-electron chi connectivity index (χ4n) is 0.887. The molecule has 68 valence electrons. The first-order chi connectivity index (χ1) is 6.24. The fraction of sp³-hybridized carbons (Fsp3) is 0.100. The lowest BCUT2D eigenvalue weighted by Gasteiger charge is -1.96. The lowest BCUT2D eigenvalue weighted by Crippen LogP contribution is -1.81. The first kappa shape index (κ1) is 10.1. The molecule has 0 aliphatic rings. The van der Waals surface area contributed by atoms with Gasteiger partial charge in [0.25, 0.3) is 0 Å². The van der Waals surface area contributed by atoms with E-state index < -0.39 is 0 Å². The summed E-state index contributed by atoms with van der Waals surface area (Å²) in [5.74, 6) is -0.295. The first-order valence-electron chi connectivity index (χ1n) is 3.79. The third kappa shape index (κ3) is 3.11. The Bertz CT molecular complexity index is 334. The summed E-state index contributed by atoms with van der Waals surface area (Å²) in [5, 5.41) is 0. The van der Waals surface area contributed by atoms with Crippen LogP contribution in [0, 0.1) is 5.82 Å². The molecule has 0 atom stereocenters. The number of hydrogen-bond acceptors (Lipinski definition) is 1. The van der Waals surface area contributed by atoms with Gasteiger partial charge in [-0.25, -0.2) is 4.39 Å². The summed E-state index contributed by atoms with van der Waals surface area (Å²) < 4.78 is 13.8. The number of rotatable bonds is 3. The topological polar surface area (TPSA) is 17.1 Å². The Hall–Kier alpha value is -0.960. The highest BCUT2D eigenvalue weighted by atomic mass is 79.9. The number of carbonyl (C=O) groups excluding carboxylic acids is 1. The van der Waals surface area contributed by atoms with Crippen LogP contribution >= 0.6 is 15.9 Å². The third-order valence-electron chi connectivity index (χ3n) is 1.49. The van der Waals surface area contributed by atoms with Gasteiger partial charge in [0.15, 0.2) is 0 Å². The molecule has 0 N–H and O–H groups in total. The van der Waals surface area contributed by atoms with Crippen molar-refractivity contribution in [1.29, 1.82) is 0 Å². The Morgan fingerprint density at radius 3 is 2.85 bits per heavy atom. The number of halogens is 2. The van der Waals surface area contributed by atoms with Crippen molar-refractivity contribution in [3.8, 4) is 0 Å². The average Bonchev–Trinajstić information content (AvgIpc) is 2.09. The van der Waals surface area contributed by atoms with Crippen molar-refractivity contribution in [2.45, 2.75) is 6.42 Å². The molecule has 13 heavy (non-hydrogen) atoms. The van der Waals surface area contributed by atoms with Crippen LogP contribution in [-0.4, -0.2) is 6.29 Å². The molecule has 1 rings (SSSR count). The molecule has 0 fully saturated rings. The monoisotopic (exact) mass is 242 g/mol. The van der Waals surface area contributed by atoms with E-state index in [4.69, 9.17) is 0 Å². The largest absolute Gasteiger partial charge is 0.303 e. The van der Waals surface area contributed by atoms with Gasteiger partial charge in [0.2, 0.25) is 0 Å². The van der Waals surface area contributed by atoms with Crippen molar-refractivity contribution in [1.82, 2.24) is 0 Å². The molecule has 3 heteroatoms.